The van der Waals surface area contributed by atoms with Crippen LogP contribution >= 0.6 is 0 Å². The van der Waals surface area contributed by atoms with Crippen molar-refractivity contribution in [2.75, 3.05) is 26.7 Å². The number of aliphatic carboxylic acids is 1. The summed E-state index contributed by atoms with van der Waals surface area (Å²) in [7, 11) is 1.88. The Balaban J connectivity index is 1.71. The lowest BCUT2D eigenvalue weighted by Gasteiger charge is -2.25. The van der Waals surface area contributed by atoms with Crippen LogP contribution < -0.4 is 0 Å². The van der Waals surface area contributed by atoms with Crippen molar-refractivity contribution in [3.8, 4) is 0 Å². The molecule has 1 aliphatic heterocycles. The van der Waals surface area contributed by atoms with Crippen LogP contribution in [0.25, 0.3) is 11.0 Å². The van der Waals surface area contributed by atoms with Gasteiger partial charge in [0, 0.05) is 19.1 Å². The van der Waals surface area contributed by atoms with E-state index in [1.807, 2.05) is 18.0 Å². The number of halogens is 1. The molecule has 3 rings (SSSR count). The van der Waals surface area contributed by atoms with Crippen molar-refractivity contribution >= 4 is 17.0 Å². The first-order valence-corrected chi connectivity index (χ1v) is 9.27. The van der Waals surface area contributed by atoms with Crippen LogP contribution in [0.5, 0.6) is 0 Å². The van der Waals surface area contributed by atoms with Crippen molar-refractivity contribution in [2.45, 2.75) is 45.3 Å². The molecule has 1 N–H and O–H groups in total. The monoisotopic (exact) mass is 362 g/mol. The Kier molecular flexibility index (Phi) is 5.88. The summed E-state index contributed by atoms with van der Waals surface area (Å²) < 4.78 is 16.1. The van der Waals surface area contributed by atoms with E-state index in [1.54, 1.807) is 6.07 Å². The van der Waals surface area contributed by atoms with Gasteiger partial charge in [0.1, 0.15) is 11.3 Å². The first-order valence-electron chi connectivity index (χ1n) is 9.27. The highest BCUT2D eigenvalue weighted by molar-refractivity contribution is 5.76. The number of likely N-dealkylation sites (N-methyl/N-ethyl adjacent to an activating group) is 1. The van der Waals surface area contributed by atoms with Crippen LogP contribution in [0.3, 0.4) is 0 Å². The molecule has 2 aromatic rings. The fraction of sp³-hybridized carbons (Fsp3) is 0.579. The third-order valence-electron chi connectivity index (χ3n) is 5.29. The maximum absolute atomic E-state index is 14.1. The zero-order chi connectivity index (χ0) is 18.7. The van der Waals surface area contributed by atoms with Crippen molar-refractivity contribution in [1.82, 2.24) is 19.4 Å². The SMILES string of the molecule is CCn1c(CN2CCCC(N(C)CC(=O)O)CC2)nc2c(F)cccc21. The van der Waals surface area contributed by atoms with Gasteiger partial charge in [-0.2, -0.15) is 0 Å². The van der Waals surface area contributed by atoms with E-state index in [2.05, 4.69) is 21.4 Å². The summed E-state index contributed by atoms with van der Waals surface area (Å²) in [5.74, 6) is -0.167. The van der Waals surface area contributed by atoms with E-state index in [1.165, 1.54) is 6.07 Å². The quantitative estimate of drug-likeness (QED) is 0.856. The van der Waals surface area contributed by atoms with E-state index in [0.29, 0.717) is 18.1 Å². The largest absolute Gasteiger partial charge is 0.480 e. The molecule has 1 unspecified atom stereocenters. The van der Waals surface area contributed by atoms with Gasteiger partial charge in [-0.1, -0.05) is 6.07 Å². The Morgan fingerprint density at radius 2 is 2.19 bits per heavy atom. The maximum atomic E-state index is 14.1. The fourth-order valence-corrected chi connectivity index (χ4v) is 3.91. The zero-order valence-corrected chi connectivity index (χ0v) is 15.5. The number of para-hydroxylation sites is 1. The lowest BCUT2D eigenvalue weighted by atomic mass is 10.1. The van der Waals surface area contributed by atoms with E-state index < -0.39 is 5.97 Å². The van der Waals surface area contributed by atoms with E-state index >= 15 is 0 Å². The second kappa shape index (κ2) is 8.14. The molecule has 26 heavy (non-hydrogen) atoms. The number of nitrogens with zero attached hydrogens (tertiary/aromatic N) is 4. The second-order valence-electron chi connectivity index (χ2n) is 7.05. The van der Waals surface area contributed by atoms with Crippen LogP contribution in [-0.4, -0.2) is 63.2 Å². The Morgan fingerprint density at radius 1 is 1.38 bits per heavy atom. The van der Waals surface area contributed by atoms with Crippen LogP contribution in [-0.2, 0) is 17.9 Å². The lowest BCUT2D eigenvalue weighted by Crippen LogP contribution is -2.36. The number of imidazole rings is 1. The summed E-state index contributed by atoms with van der Waals surface area (Å²) in [5, 5.41) is 8.99. The van der Waals surface area contributed by atoms with Gasteiger partial charge in [0.2, 0.25) is 0 Å². The summed E-state index contributed by atoms with van der Waals surface area (Å²) in [6.07, 6.45) is 2.96. The molecular weight excluding hydrogens is 335 g/mol. The van der Waals surface area contributed by atoms with Gasteiger partial charge >= 0.3 is 5.97 Å². The van der Waals surface area contributed by atoms with Crippen LogP contribution in [0, 0.1) is 5.82 Å². The number of likely N-dealkylation sites (tertiary alicyclic amines) is 1. The second-order valence-corrected chi connectivity index (χ2v) is 7.05. The molecular formula is C19H27FN4O2. The predicted molar refractivity (Wildman–Crippen MR) is 98.5 cm³/mol. The average Bonchev–Trinajstić information content (AvgIpc) is 2.78. The lowest BCUT2D eigenvalue weighted by molar-refractivity contribution is -0.138. The number of rotatable bonds is 6. The molecule has 0 aliphatic carbocycles. The van der Waals surface area contributed by atoms with E-state index in [-0.39, 0.29) is 12.4 Å². The normalized spacial score (nSPS) is 19.2. The Labute approximate surface area is 153 Å². The molecule has 1 aliphatic rings. The molecule has 0 spiro atoms. The Morgan fingerprint density at radius 3 is 2.92 bits per heavy atom. The van der Waals surface area contributed by atoms with Gasteiger partial charge in [0.15, 0.2) is 5.82 Å². The van der Waals surface area contributed by atoms with Crippen LogP contribution in [0.4, 0.5) is 4.39 Å². The number of aromatic nitrogens is 2. The molecule has 1 fully saturated rings. The molecule has 2 heterocycles. The smallest absolute Gasteiger partial charge is 0.317 e. The molecule has 1 saturated heterocycles. The van der Waals surface area contributed by atoms with Crippen molar-refractivity contribution in [2.24, 2.45) is 0 Å². The maximum Gasteiger partial charge on any atom is 0.317 e. The zero-order valence-electron chi connectivity index (χ0n) is 15.5. The standard InChI is InChI=1S/C19H27FN4O2/c1-3-24-16-8-4-7-15(20)19(16)21-17(24)12-23-10-5-6-14(9-11-23)22(2)13-18(25)26/h4,7-8,14H,3,5-6,9-13H2,1-2H3,(H,25,26). The molecule has 7 heteroatoms. The van der Waals surface area contributed by atoms with Gasteiger partial charge in [0.05, 0.1) is 18.6 Å². The summed E-state index contributed by atoms with van der Waals surface area (Å²) in [4.78, 5) is 19.8. The number of hydrogen-bond donors (Lipinski definition) is 1. The third kappa shape index (κ3) is 4.04. The van der Waals surface area contributed by atoms with Crippen LogP contribution in [0.1, 0.15) is 32.0 Å². The predicted octanol–water partition coefficient (Wildman–Crippen LogP) is 2.57. The highest BCUT2D eigenvalue weighted by Gasteiger charge is 2.23. The molecule has 0 bridgehead atoms. The average molecular weight is 362 g/mol. The van der Waals surface area contributed by atoms with Gasteiger partial charge < -0.3 is 9.67 Å². The summed E-state index contributed by atoms with van der Waals surface area (Å²) in [5.41, 5.74) is 1.29. The van der Waals surface area contributed by atoms with Gasteiger partial charge in [0.25, 0.3) is 0 Å². The van der Waals surface area contributed by atoms with Gasteiger partial charge in [-0.15, -0.1) is 0 Å². The minimum absolute atomic E-state index is 0.0789. The molecule has 0 radical (unpaired) electrons. The minimum Gasteiger partial charge on any atom is -0.480 e. The minimum atomic E-state index is -0.785. The molecule has 6 nitrogen and oxygen atoms in total. The topological polar surface area (TPSA) is 61.6 Å². The number of carboxylic acids is 1. The number of carboxylic acid groups (broad SMARTS) is 1. The number of hydrogen-bond acceptors (Lipinski definition) is 4. The van der Waals surface area contributed by atoms with E-state index in [4.69, 9.17) is 5.11 Å². The fourth-order valence-electron chi connectivity index (χ4n) is 3.91. The highest BCUT2D eigenvalue weighted by atomic mass is 19.1. The molecule has 1 aromatic heterocycles. The Hall–Kier alpha value is -1.99. The molecule has 1 aromatic carbocycles. The summed E-state index contributed by atoms with van der Waals surface area (Å²) in [6, 6.07) is 5.38. The third-order valence-corrected chi connectivity index (χ3v) is 5.29. The van der Waals surface area contributed by atoms with Crippen molar-refractivity contribution < 1.29 is 14.3 Å². The van der Waals surface area contributed by atoms with Gasteiger partial charge in [-0.25, -0.2) is 9.37 Å². The molecule has 1 atom stereocenters. The van der Waals surface area contributed by atoms with E-state index in [9.17, 15) is 9.18 Å². The molecule has 0 amide bonds. The van der Waals surface area contributed by atoms with Crippen molar-refractivity contribution in [3.05, 3.63) is 29.8 Å². The van der Waals surface area contributed by atoms with Crippen molar-refractivity contribution in [3.63, 3.8) is 0 Å². The number of benzene rings is 1. The Bertz CT molecular complexity index is 776. The summed E-state index contributed by atoms with van der Waals surface area (Å²) in [6.45, 7) is 5.42. The highest BCUT2D eigenvalue weighted by Crippen LogP contribution is 2.22. The molecule has 142 valence electrons. The first-order chi connectivity index (χ1) is 12.5. The van der Waals surface area contributed by atoms with Crippen LogP contribution in [0.2, 0.25) is 0 Å². The van der Waals surface area contributed by atoms with Gasteiger partial charge in [-0.3, -0.25) is 14.6 Å². The number of aryl methyl sites for hydroxylation is 1. The number of fused-ring (bicyclic) bond motifs is 1. The van der Waals surface area contributed by atoms with Gasteiger partial charge in [-0.05, 0) is 51.9 Å². The van der Waals surface area contributed by atoms with Crippen molar-refractivity contribution in [1.29, 1.82) is 0 Å². The number of carbonyl (C=O) groups is 1. The van der Waals surface area contributed by atoms with Crippen LogP contribution in [0.15, 0.2) is 18.2 Å². The van der Waals surface area contributed by atoms with E-state index in [0.717, 1.165) is 50.2 Å². The molecule has 0 saturated carbocycles. The first kappa shape index (κ1) is 18.8. The summed E-state index contributed by atoms with van der Waals surface area (Å²) >= 11 is 0.